The lowest BCUT2D eigenvalue weighted by Gasteiger charge is -2.21. The first kappa shape index (κ1) is 16.9. The van der Waals surface area contributed by atoms with E-state index in [4.69, 9.17) is 0 Å². The van der Waals surface area contributed by atoms with E-state index in [9.17, 15) is 4.21 Å². The average Bonchev–Trinajstić information content (AvgIpc) is 2.41. The van der Waals surface area contributed by atoms with Gasteiger partial charge in [-0.15, -0.1) is 0 Å². The summed E-state index contributed by atoms with van der Waals surface area (Å²) in [5.74, 6) is 6.38. The Balaban J connectivity index is 2.75. The largest absolute Gasteiger partial charge is 0.242 e. The van der Waals surface area contributed by atoms with E-state index < -0.39 is 11.0 Å². The van der Waals surface area contributed by atoms with Crippen LogP contribution in [0.2, 0.25) is 0 Å². The van der Waals surface area contributed by atoms with Crippen LogP contribution in [0.25, 0.3) is 0 Å². The van der Waals surface area contributed by atoms with Gasteiger partial charge in [0, 0.05) is 5.56 Å². The fraction of sp³-hybridized carbons (Fsp3) is 0.529. The van der Waals surface area contributed by atoms with E-state index in [2.05, 4.69) is 23.5 Å². The molecule has 1 N–H and O–H groups in total. The Labute approximate surface area is 126 Å². The molecule has 0 aliphatic rings. The zero-order valence-corrected chi connectivity index (χ0v) is 13.7. The van der Waals surface area contributed by atoms with Crippen LogP contribution in [-0.4, -0.2) is 15.0 Å². The van der Waals surface area contributed by atoms with Gasteiger partial charge in [0.1, 0.15) is 0 Å². The van der Waals surface area contributed by atoms with Gasteiger partial charge in [0.15, 0.2) is 0 Å². The van der Waals surface area contributed by atoms with Crippen LogP contribution >= 0.6 is 0 Å². The molecule has 0 saturated heterocycles. The molecule has 0 amide bonds. The molecule has 20 heavy (non-hydrogen) atoms. The van der Waals surface area contributed by atoms with Crippen LogP contribution in [-0.2, 0) is 11.0 Å². The van der Waals surface area contributed by atoms with Crippen molar-refractivity contribution in [3.05, 3.63) is 35.9 Å². The van der Waals surface area contributed by atoms with E-state index in [1.54, 1.807) is 0 Å². The molecule has 2 atom stereocenters. The molecule has 0 bridgehead atoms. The molecule has 0 fully saturated rings. The smallest absolute Gasteiger partial charge is 0.0981 e. The molecule has 0 saturated carbocycles. The summed E-state index contributed by atoms with van der Waals surface area (Å²) in [6.07, 6.45) is 3.13. The molecule has 1 aromatic carbocycles. The minimum atomic E-state index is -1.08. The molecule has 2 unspecified atom stereocenters. The van der Waals surface area contributed by atoms with Crippen molar-refractivity contribution in [1.29, 1.82) is 0 Å². The second kappa shape index (κ2) is 8.24. The molecule has 0 aliphatic heterocycles. The number of unbranched alkanes of at least 4 members (excludes halogenated alkanes) is 1. The van der Waals surface area contributed by atoms with Crippen molar-refractivity contribution in [3.63, 3.8) is 0 Å². The van der Waals surface area contributed by atoms with Crippen molar-refractivity contribution in [2.24, 2.45) is 0 Å². The first-order chi connectivity index (χ1) is 9.43. The molecule has 1 aromatic rings. The summed E-state index contributed by atoms with van der Waals surface area (Å²) >= 11 is 0. The van der Waals surface area contributed by atoms with Crippen LogP contribution < -0.4 is 4.72 Å². The van der Waals surface area contributed by atoms with Gasteiger partial charge in [0.05, 0.1) is 21.8 Å². The third-order valence-corrected chi connectivity index (χ3v) is 4.43. The SMILES string of the molecule is CCCCC(C#Cc1ccccc1)NS(=O)C(C)(C)C. The monoisotopic (exact) mass is 291 g/mol. The maximum absolute atomic E-state index is 12.2. The van der Waals surface area contributed by atoms with Crippen molar-refractivity contribution < 1.29 is 4.21 Å². The van der Waals surface area contributed by atoms with Gasteiger partial charge in [-0.3, -0.25) is 0 Å². The van der Waals surface area contributed by atoms with Crippen molar-refractivity contribution in [3.8, 4) is 11.8 Å². The predicted molar refractivity (Wildman–Crippen MR) is 87.7 cm³/mol. The summed E-state index contributed by atoms with van der Waals surface area (Å²) in [6, 6.07) is 9.90. The topological polar surface area (TPSA) is 29.1 Å². The summed E-state index contributed by atoms with van der Waals surface area (Å²) in [4.78, 5) is 0. The van der Waals surface area contributed by atoms with Crippen LogP contribution in [0.5, 0.6) is 0 Å². The number of hydrogen-bond donors (Lipinski definition) is 1. The number of benzene rings is 1. The predicted octanol–water partition coefficient (Wildman–Crippen LogP) is 3.65. The number of nitrogens with one attached hydrogen (secondary N) is 1. The normalized spacial score (nSPS) is 14.2. The van der Waals surface area contributed by atoms with Crippen LogP contribution in [0, 0.1) is 11.8 Å². The van der Waals surface area contributed by atoms with Crippen molar-refractivity contribution in [1.82, 2.24) is 4.72 Å². The van der Waals surface area contributed by atoms with Gasteiger partial charge >= 0.3 is 0 Å². The Kier molecular flexibility index (Phi) is 6.98. The van der Waals surface area contributed by atoms with Crippen LogP contribution in [0.4, 0.5) is 0 Å². The Morgan fingerprint density at radius 3 is 2.45 bits per heavy atom. The molecule has 2 nitrogen and oxygen atoms in total. The van der Waals surface area contributed by atoms with E-state index >= 15 is 0 Å². The minimum absolute atomic E-state index is 0.0183. The summed E-state index contributed by atoms with van der Waals surface area (Å²) in [5.41, 5.74) is 0.998. The maximum atomic E-state index is 12.2. The van der Waals surface area contributed by atoms with E-state index in [1.165, 1.54) is 0 Å². The minimum Gasteiger partial charge on any atom is -0.242 e. The Bertz CT molecular complexity index is 479. The van der Waals surface area contributed by atoms with E-state index in [0.29, 0.717) is 0 Å². The molecule has 0 aliphatic carbocycles. The Morgan fingerprint density at radius 1 is 1.25 bits per heavy atom. The van der Waals surface area contributed by atoms with Gasteiger partial charge < -0.3 is 0 Å². The highest BCUT2D eigenvalue weighted by Crippen LogP contribution is 2.11. The summed E-state index contributed by atoms with van der Waals surface area (Å²) in [7, 11) is -1.08. The van der Waals surface area contributed by atoms with E-state index in [1.807, 2.05) is 51.1 Å². The van der Waals surface area contributed by atoms with Crippen LogP contribution in [0.15, 0.2) is 30.3 Å². The van der Waals surface area contributed by atoms with Gasteiger partial charge in [-0.05, 0) is 39.3 Å². The molecule has 1 rings (SSSR count). The lowest BCUT2D eigenvalue weighted by atomic mass is 10.1. The van der Waals surface area contributed by atoms with Gasteiger partial charge in [-0.1, -0.05) is 49.8 Å². The zero-order chi connectivity index (χ0) is 15.0. The van der Waals surface area contributed by atoms with Gasteiger partial charge in [-0.25, -0.2) is 8.93 Å². The summed E-state index contributed by atoms with van der Waals surface area (Å²) in [5, 5.41) is 0. The lowest BCUT2D eigenvalue weighted by Crippen LogP contribution is -2.39. The molecule has 3 heteroatoms. The molecule has 0 radical (unpaired) electrons. The third kappa shape index (κ3) is 6.36. The van der Waals surface area contributed by atoms with E-state index in [-0.39, 0.29) is 10.8 Å². The maximum Gasteiger partial charge on any atom is 0.0981 e. The first-order valence-corrected chi connectivity index (χ1v) is 8.33. The molecular formula is C17H25NOS. The van der Waals surface area contributed by atoms with E-state index in [0.717, 1.165) is 24.8 Å². The lowest BCUT2D eigenvalue weighted by molar-refractivity contribution is 0.596. The van der Waals surface area contributed by atoms with Crippen molar-refractivity contribution >= 4 is 11.0 Å². The number of rotatable bonds is 5. The molecule has 0 aromatic heterocycles. The molecular weight excluding hydrogens is 266 g/mol. The van der Waals surface area contributed by atoms with Crippen molar-refractivity contribution in [2.45, 2.75) is 57.7 Å². The van der Waals surface area contributed by atoms with Gasteiger partial charge in [0.25, 0.3) is 0 Å². The van der Waals surface area contributed by atoms with Gasteiger partial charge in [0.2, 0.25) is 0 Å². The van der Waals surface area contributed by atoms with Crippen molar-refractivity contribution in [2.75, 3.05) is 0 Å². The highest BCUT2D eigenvalue weighted by Gasteiger charge is 2.21. The third-order valence-electron chi connectivity index (χ3n) is 2.82. The zero-order valence-electron chi connectivity index (χ0n) is 12.9. The van der Waals surface area contributed by atoms with Gasteiger partial charge in [-0.2, -0.15) is 0 Å². The molecule has 0 heterocycles. The molecule has 110 valence electrons. The van der Waals surface area contributed by atoms with Crippen LogP contribution in [0.3, 0.4) is 0 Å². The second-order valence-electron chi connectivity index (χ2n) is 5.83. The Morgan fingerprint density at radius 2 is 1.90 bits per heavy atom. The second-order valence-corrected chi connectivity index (χ2v) is 7.83. The average molecular weight is 291 g/mol. The first-order valence-electron chi connectivity index (χ1n) is 7.18. The fourth-order valence-electron chi connectivity index (χ4n) is 1.57. The quantitative estimate of drug-likeness (QED) is 0.824. The number of hydrogen-bond acceptors (Lipinski definition) is 1. The highest BCUT2D eigenvalue weighted by atomic mass is 32.2. The molecule has 0 spiro atoms. The van der Waals surface area contributed by atoms with Crippen LogP contribution in [0.1, 0.15) is 52.5 Å². The summed E-state index contributed by atoms with van der Waals surface area (Å²) < 4.78 is 15.1. The Hall–Kier alpha value is -1.11. The highest BCUT2D eigenvalue weighted by molar-refractivity contribution is 7.84. The fourth-order valence-corrected chi connectivity index (χ4v) is 2.36. The standard InChI is InChI=1S/C17H25NOS/c1-5-6-12-16(18-20(19)17(2,3)4)14-13-15-10-8-7-9-11-15/h7-11,16,18H,5-6,12H2,1-4H3. The summed E-state index contributed by atoms with van der Waals surface area (Å²) in [6.45, 7) is 8.06.